The first-order chi connectivity index (χ1) is 7.81. The molecular formula is C13H15NS2. The molecule has 1 aromatic carbocycles. The van der Waals surface area contributed by atoms with Crippen molar-refractivity contribution in [2.45, 2.75) is 28.5 Å². The maximum atomic E-state index is 6.11. The zero-order chi connectivity index (χ0) is 11.4. The third-order valence-electron chi connectivity index (χ3n) is 2.46. The molecular weight excluding hydrogens is 234 g/mol. The van der Waals surface area contributed by atoms with Gasteiger partial charge in [0.1, 0.15) is 0 Å². The second kappa shape index (κ2) is 5.53. The van der Waals surface area contributed by atoms with E-state index in [1.54, 1.807) is 23.1 Å². The van der Waals surface area contributed by atoms with Crippen LogP contribution in [0.2, 0.25) is 0 Å². The van der Waals surface area contributed by atoms with Crippen molar-refractivity contribution in [1.29, 1.82) is 0 Å². The number of benzene rings is 1. The quantitative estimate of drug-likeness (QED) is 0.873. The lowest BCUT2D eigenvalue weighted by Gasteiger charge is -2.13. The lowest BCUT2D eigenvalue weighted by molar-refractivity contribution is 0.686. The van der Waals surface area contributed by atoms with Crippen molar-refractivity contribution >= 4 is 23.1 Å². The third kappa shape index (κ3) is 2.67. The van der Waals surface area contributed by atoms with Gasteiger partial charge in [0.05, 0.1) is 4.21 Å². The molecule has 1 heterocycles. The topological polar surface area (TPSA) is 26.0 Å². The molecule has 1 aromatic heterocycles. The predicted octanol–water partition coefficient (Wildman–Crippen LogP) is 4.31. The number of rotatable bonds is 4. The average Bonchev–Trinajstić information content (AvgIpc) is 2.82. The van der Waals surface area contributed by atoms with Crippen LogP contribution in [0.5, 0.6) is 0 Å². The Morgan fingerprint density at radius 3 is 2.75 bits per heavy atom. The number of hydrogen-bond acceptors (Lipinski definition) is 3. The van der Waals surface area contributed by atoms with Gasteiger partial charge in [-0.15, -0.1) is 11.3 Å². The van der Waals surface area contributed by atoms with Crippen molar-refractivity contribution in [3.8, 4) is 0 Å². The molecule has 0 radical (unpaired) electrons. The molecule has 1 nitrogen and oxygen atoms in total. The Labute approximate surface area is 105 Å². The van der Waals surface area contributed by atoms with Gasteiger partial charge in [-0.05, 0) is 29.5 Å². The minimum atomic E-state index is 0.142. The van der Waals surface area contributed by atoms with Crippen LogP contribution in [0.4, 0.5) is 0 Å². The van der Waals surface area contributed by atoms with E-state index in [1.165, 1.54) is 14.7 Å². The minimum absolute atomic E-state index is 0.142. The van der Waals surface area contributed by atoms with Gasteiger partial charge in [0.25, 0.3) is 0 Å². The predicted molar refractivity (Wildman–Crippen MR) is 72.1 cm³/mol. The molecule has 0 bridgehead atoms. The van der Waals surface area contributed by atoms with Crippen LogP contribution < -0.4 is 5.73 Å². The molecule has 0 spiro atoms. The van der Waals surface area contributed by atoms with Crippen molar-refractivity contribution in [2.75, 3.05) is 0 Å². The van der Waals surface area contributed by atoms with E-state index in [1.807, 2.05) is 0 Å². The number of hydrogen-bond donors (Lipinski definition) is 1. The van der Waals surface area contributed by atoms with Crippen molar-refractivity contribution in [3.05, 3.63) is 47.3 Å². The van der Waals surface area contributed by atoms with E-state index >= 15 is 0 Å². The van der Waals surface area contributed by atoms with E-state index in [4.69, 9.17) is 5.73 Å². The first kappa shape index (κ1) is 11.7. The van der Waals surface area contributed by atoms with Crippen LogP contribution in [0.3, 0.4) is 0 Å². The third-order valence-corrected chi connectivity index (χ3v) is 4.59. The molecule has 2 N–H and O–H groups in total. The molecule has 0 saturated carbocycles. The lowest BCUT2D eigenvalue weighted by atomic mass is 10.1. The zero-order valence-corrected chi connectivity index (χ0v) is 10.9. The van der Waals surface area contributed by atoms with E-state index in [9.17, 15) is 0 Å². The van der Waals surface area contributed by atoms with E-state index in [0.717, 1.165) is 6.42 Å². The highest BCUT2D eigenvalue weighted by Crippen LogP contribution is 2.35. The first-order valence-corrected chi connectivity index (χ1v) is 7.06. The van der Waals surface area contributed by atoms with Gasteiger partial charge in [-0.2, -0.15) is 0 Å². The summed E-state index contributed by atoms with van der Waals surface area (Å²) in [4.78, 5) is 1.28. The van der Waals surface area contributed by atoms with Crippen LogP contribution >= 0.6 is 23.1 Å². The summed E-state index contributed by atoms with van der Waals surface area (Å²) in [5, 5.41) is 2.10. The maximum absolute atomic E-state index is 6.11. The van der Waals surface area contributed by atoms with Gasteiger partial charge in [-0.3, -0.25) is 0 Å². The van der Waals surface area contributed by atoms with Gasteiger partial charge >= 0.3 is 0 Å². The molecule has 0 aliphatic heterocycles. The SMILES string of the molecule is CC[C@H](N)c1ccccc1Sc1cccs1. The molecule has 0 saturated heterocycles. The average molecular weight is 249 g/mol. The molecule has 0 amide bonds. The largest absolute Gasteiger partial charge is 0.324 e. The monoisotopic (exact) mass is 249 g/mol. The van der Waals surface area contributed by atoms with E-state index in [-0.39, 0.29) is 6.04 Å². The smallest absolute Gasteiger partial charge is 0.0646 e. The van der Waals surface area contributed by atoms with Crippen molar-refractivity contribution in [2.24, 2.45) is 5.73 Å². The van der Waals surface area contributed by atoms with Crippen molar-refractivity contribution < 1.29 is 0 Å². The second-order valence-electron chi connectivity index (χ2n) is 3.59. The molecule has 1 atom stereocenters. The van der Waals surface area contributed by atoms with Crippen molar-refractivity contribution in [3.63, 3.8) is 0 Å². The second-order valence-corrected chi connectivity index (χ2v) is 5.88. The number of thiophene rings is 1. The summed E-state index contributed by atoms with van der Waals surface area (Å²) in [5.74, 6) is 0. The Morgan fingerprint density at radius 1 is 1.25 bits per heavy atom. The Balaban J connectivity index is 2.26. The highest BCUT2D eigenvalue weighted by molar-refractivity contribution is 8.01. The highest BCUT2D eigenvalue weighted by atomic mass is 32.2. The fourth-order valence-electron chi connectivity index (χ4n) is 1.53. The highest BCUT2D eigenvalue weighted by Gasteiger charge is 2.09. The van der Waals surface area contributed by atoms with Gasteiger partial charge in [-0.1, -0.05) is 43.0 Å². The Hall–Kier alpha value is -0.770. The fourth-order valence-corrected chi connectivity index (χ4v) is 3.45. The van der Waals surface area contributed by atoms with Gasteiger partial charge < -0.3 is 5.73 Å². The summed E-state index contributed by atoms with van der Waals surface area (Å²) in [6.07, 6.45) is 0.974. The Kier molecular flexibility index (Phi) is 4.04. The molecule has 2 rings (SSSR count). The molecule has 0 fully saturated rings. The molecule has 0 aliphatic rings. The zero-order valence-electron chi connectivity index (χ0n) is 9.22. The van der Waals surface area contributed by atoms with Crippen LogP contribution in [0.15, 0.2) is 50.9 Å². The van der Waals surface area contributed by atoms with Gasteiger partial charge in [0.15, 0.2) is 0 Å². The van der Waals surface area contributed by atoms with Gasteiger partial charge in [0.2, 0.25) is 0 Å². The van der Waals surface area contributed by atoms with Crippen LogP contribution in [-0.4, -0.2) is 0 Å². The van der Waals surface area contributed by atoms with Crippen LogP contribution in [0, 0.1) is 0 Å². The van der Waals surface area contributed by atoms with E-state index < -0.39 is 0 Å². The standard InChI is InChI=1S/C13H15NS2/c1-2-11(14)10-6-3-4-7-12(10)16-13-8-5-9-15-13/h3-9,11H,2,14H2,1H3/t11-/m0/s1. The molecule has 0 unspecified atom stereocenters. The summed E-state index contributed by atoms with van der Waals surface area (Å²) in [7, 11) is 0. The van der Waals surface area contributed by atoms with Crippen LogP contribution in [0.1, 0.15) is 24.9 Å². The van der Waals surface area contributed by atoms with Crippen LogP contribution in [-0.2, 0) is 0 Å². The summed E-state index contributed by atoms with van der Waals surface area (Å²) in [6, 6.07) is 12.8. The van der Waals surface area contributed by atoms with E-state index in [2.05, 4.69) is 48.7 Å². The molecule has 16 heavy (non-hydrogen) atoms. The lowest BCUT2D eigenvalue weighted by Crippen LogP contribution is -2.09. The van der Waals surface area contributed by atoms with E-state index in [0.29, 0.717) is 0 Å². The first-order valence-electron chi connectivity index (χ1n) is 5.37. The van der Waals surface area contributed by atoms with Gasteiger partial charge in [0, 0.05) is 10.9 Å². The summed E-state index contributed by atoms with van der Waals surface area (Å²) >= 11 is 3.57. The summed E-state index contributed by atoms with van der Waals surface area (Å²) in [6.45, 7) is 2.12. The summed E-state index contributed by atoms with van der Waals surface area (Å²) in [5.41, 5.74) is 7.37. The Morgan fingerprint density at radius 2 is 2.06 bits per heavy atom. The Bertz CT molecular complexity index is 437. The fraction of sp³-hybridized carbons (Fsp3) is 0.231. The molecule has 3 heteroatoms. The molecule has 2 aromatic rings. The van der Waals surface area contributed by atoms with Crippen molar-refractivity contribution in [1.82, 2.24) is 0 Å². The minimum Gasteiger partial charge on any atom is -0.324 e. The molecule has 0 aliphatic carbocycles. The number of nitrogens with two attached hydrogens (primary N) is 1. The molecule has 84 valence electrons. The van der Waals surface area contributed by atoms with Crippen LogP contribution in [0.25, 0.3) is 0 Å². The summed E-state index contributed by atoms with van der Waals surface area (Å²) < 4.78 is 1.32. The maximum Gasteiger partial charge on any atom is 0.0646 e. The van der Waals surface area contributed by atoms with Gasteiger partial charge in [-0.25, -0.2) is 0 Å². The normalized spacial score (nSPS) is 12.6.